The summed E-state index contributed by atoms with van der Waals surface area (Å²) in [7, 11) is 3.51. The van der Waals surface area contributed by atoms with Gasteiger partial charge in [-0.15, -0.1) is 0 Å². The third kappa shape index (κ3) is 3.35. The zero-order valence-corrected chi connectivity index (χ0v) is 15.8. The summed E-state index contributed by atoms with van der Waals surface area (Å²) in [5.41, 5.74) is 3.54. The predicted octanol–water partition coefficient (Wildman–Crippen LogP) is 4.37. The molecule has 0 amide bonds. The molecule has 2 aromatic heterocycles. The van der Waals surface area contributed by atoms with Crippen LogP contribution in [0, 0.1) is 11.3 Å². The quantitative estimate of drug-likeness (QED) is 0.716. The first-order valence-electron chi connectivity index (χ1n) is 9.08. The van der Waals surface area contributed by atoms with Crippen LogP contribution >= 0.6 is 0 Å². The van der Waals surface area contributed by atoms with Crippen molar-refractivity contribution in [2.75, 3.05) is 19.1 Å². The van der Waals surface area contributed by atoms with Gasteiger partial charge in [-0.05, 0) is 66.3 Å². The van der Waals surface area contributed by atoms with Gasteiger partial charge in [0.15, 0.2) is 0 Å². The van der Waals surface area contributed by atoms with Crippen molar-refractivity contribution in [1.29, 1.82) is 5.26 Å². The molecule has 6 heteroatoms. The first kappa shape index (κ1) is 17.8. The van der Waals surface area contributed by atoms with Gasteiger partial charge in [0.1, 0.15) is 23.1 Å². The average Bonchev–Trinajstić information content (AvgIpc) is 3.58. The van der Waals surface area contributed by atoms with Gasteiger partial charge >= 0.3 is 0 Å². The number of aromatic hydroxyl groups is 1. The third-order valence-electron chi connectivity index (χ3n) is 4.97. The van der Waals surface area contributed by atoms with E-state index in [9.17, 15) is 10.4 Å². The lowest BCUT2D eigenvalue weighted by atomic mass is 9.96. The SMILES string of the molecule is COc1cc(-c2ccnc(N(C)c3ccc(O)cn3)c2)cc(C#N)c1C1CC1. The molecule has 0 unspecified atom stereocenters. The maximum atomic E-state index is 9.65. The zero-order valence-electron chi connectivity index (χ0n) is 15.8. The number of anilines is 2. The molecule has 1 aliphatic rings. The van der Waals surface area contributed by atoms with Crippen molar-refractivity contribution in [3.05, 3.63) is 59.9 Å². The van der Waals surface area contributed by atoms with Crippen LogP contribution in [-0.2, 0) is 0 Å². The smallest absolute Gasteiger partial charge is 0.134 e. The molecule has 0 atom stereocenters. The number of methoxy groups -OCH3 is 1. The minimum atomic E-state index is 0.116. The third-order valence-corrected chi connectivity index (χ3v) is 4.97. The molecule has 1 aromatic carbocycles. The Labute approximate surface area is 163 Å². The van der Waals surface area contributed by atoms with Gasteiger partial charge in [-0.1, -0.05) is 0 Å². The number of aromatic nitrogens is 2. The Morgan fingerprint density at radius 2 is 1.93 bits per heavy atom. The number of rotatable bonds is 5. The van der Waals surface area contributed by atoms with E-state index in [1.165, 1.54) is 6.20 Å². The summed E-state index contributed by atoms with van der Waals surface area (Å²) in [5.74, 6) is 2.69. The van der Waals surface area contributed by atoms with E-state index in [4.69, 9.17) is 4.74 Å². The lowest BCUT2D eigenvalue weighted by Gasteiger charge is -2.18. The van der Waals surface area contributed by atoms with Crippen LogP contribution in [0.3, 0.4) is 0 Å². The lowest BCUT2D eigenvalue weighted by molar-refractivity contribution is 0.410. The van der Waals surface area contributed by atoms with Crippen LogP contribution in [0.4, 0.5) is 11.6 Å². The van der Waals surface area contributed by atoms with Crippen molar-refractivity contribution >= 4 is 11.6 Å². The van der Waals surface area contributed by atoms with E-state index >= 15 is 0 Å². The molecule has 1 N–H and O–H groups in total. The molecule has 0 spiro atoms. The summed E-state index contributed by atoms with van der Waals surface area (Å²) in [5, 5.41) is 19.1. The summed E-state index contributed by atoms with van der Waals surface area (Å²) in [4.78, 5) is 10.5. The van der Waals surface area contributed by atoms with Crippen LogP contribution in [0.5, 0.6) is 11.5 Å². The number of nitriles is 1. The number of hydrogen-bond donors (Lipinski definition) is 1. The van der Waals surface area contributed by atoms with Crippen molar-refractivity contribution in [1.82, 2.24) is 9.97 Å². The van der Waals surface area contributed by atoms with Crippen molar-refractivity contribution in [3.63, 3.8) is 0 Å². The molecule has 3 aromatic rings. The van der Waals surface area contributed by atoms with E-state index in [0.717, 1.165) is 35.3 Å². The molecule has 0 saturated heterocycles. The molecular weight excluding hydrogens is 352 g/mol. The fraction of sp³-hybridized carbons (Fsp3) is 0.227. The normalized spacial score (nSPS) is 13.0. The highest BCUT2D eigenvalue weighted by atomic mass is 16.5. The Morgan fingerprint density at radius 3 is 2.57 bits per heavy atom. The Balaban J connectivity index is 1.73. The van der Waals surface area contributed by atoms with Gasteiger partial charge in [-0.2, -0.15) is 5.26 Å². The average molecular weight is 372 g/mol. The van der Waals surface area contributed by atoms with Crippen LogP contribution < -0.4 is 9.64 Å². The molecule has 4 rings (SSSR count). The fourth-order valence-corrected chi connectivity index (χ4v) is 3.32. The Morgan fingerprint density at radius 1 is 1.11 bits per heavy atom. The Hall–Kier alpha value is -3.59. The largest absolute Gasteiger partial charge is 0.506 e. The fourth-order valence-electron chi connectivity index (χ4n) is 3.32. The summed E-state index contributed by atoms with van der Waals surface area (Å²) >= 11 is 0. The van der Waals surface area contributed by atoms with Gasteiger partial charge in [0, 0.05) is 18.8 Å². The van der Waals surface area contributed by atoms with Crippen LogP contribution in [0.1, 0.15) is 29.9 Å². The van der Waals surface area contributed by atoms with Gasteiger partial charge in [0.05, 0.1) is 24.9 Å². The number of pyridine rings is 2. The molecule has 6 nitrogen and oxygen atoms in total. The Bertz CT molecular complexity index is 1050. The van der Waals surface area contributed by atoms with Crippen molar-refractivity contribution in [2.45, 2.75) is 18.8 Å². The van der Waals surface area contributed by atoms with Gasteiger partial charge in [-0.3, -0.25) is 0 Å². The molecule has 0 bridgehead atoms. The van der Waals surface area contributed by atoms with E-state index < -0.39 is 0 Å². The van der Waals surface area contributed by atoms with E-state index in [1.54, 1.807) is 25.4 Å². The minimum Gasteiger partial charge on any atom is -0.506 e. The molecule has 1 aliphatic carbocycles. The van der Waals surface area contributed by atoms with Gasteiger partial charge in [0.25, 0.3) is 0 Å². The van der Waals surface area contributed by atoms with Crippen molar-refractivity contribution in [3.8, 4) is 28.7 Å². The Kier molecular flexibility index (Phi) is 4.58. The van der Waals surface area contributed by atoms with Crippen LogP contribution in [-0.4, -0.2) is 29.2 Å². The first-order chi connectivity index (χ1) is 13.6. The molecule has 140 valence electrons. The molecule has 1 saturated carbocycles. The highest BCUT2D eigenvalue weighted by Crippen LogP contribution is 2.47. The molecular formula is C22H20N4O2. The van der Waals surface area contributed by atoms with Crippen LogP contribution in [0.25, 0.3) is 11.1 Å². The maximum absolute atomic E-state index is 9.65. The molecule has 0 radical (unpaired) electrons. The van der Waals surface area contributed by atoms with E-state index in [0.29, 0.717) is 23.1 Å². The van der Waals surface area contributed by atoms with E-state index in [1.807, 2.05) is 36.2 Å². The highest BCUT2D eigenvalue weighted by molar-refractivity contribution is 5.73. The van der Waals surface area contributed by atoms with Gasteiger partial charge < -0.3 is 14.7 Å². The van der Waals surface area contributed by atoms with Crippen LogP contribution in [0.15, 0.2) is 48.8 Å². The number of benzene rings is 1. The first-order valence-corrected chi connectivity index (χ1v) is 9.08. The second kappa shape index (κ2) is 7.20. The zero-order chi connectivity index (χ0) is 19.7. The monoisotopic (exact) mass is 372 g/mol. The summed E-state index contributed by atoms with van der Waals surface area (Å²) in [6, 6.07) is 13.4. The highest BCUT2D eigenvalue weighted by Gasteiger charge is 2.30. The number of nitrogens with zero attached hydrogens (tertiary/aromatic N) is 4. The molecule has 28 heavy (non-hydrogen) atoms. The van der Waals surface area contributed by atoms with E-state index in [2.05, 4.69) is 16.0 Å². The van der Waals surface area contributed by atoms with E-state index in [-0.39, 0.29) is 5.75 Å². The lowest BCUT2D eigenvalue weighted by Crippen LogP contribution is -2.12. The number of ether oxygens (including phenoxy) is 1. The second-order valence-electron chi connectivity index (χ2n) is 6.86. The standard InChI is InChI=1S/C22H20N4O2/c1-26(20-6-5-18(27)13-25-20)21-11-15(7-8-24-21)16-9-17(12-23)22(14-3-4-14)19(10-16)28-2/h5-11,13-14,27H,3-4H2,1-2H3. The van der Waals surface area contributed by atoms with Crippen molar-refractivity contribution in [2.24, 2.45) is 0 Å². The van der Waals surface area contributed by atoms with Gasteiger partial charge in [-0.25, -0.2) is 9.97 Å². The van der Waals surface area contributed by atoms with Gasteiger partial charge in [0.2, 0.25) is 0 Å². The molecule has 0 aliphatic heterocycles. The summed E-state index contributed by atoms with van der Waals surface area (Å²) < 4.78 is 5.60. The predicted molar refractivity (Wildman–Crippen MR) is 107 cm³/mol. The maximum Gasteiger partial charge on any atom is 0.134 e. The molecule has 2 heterocycles. The summed E-state index contributed by atoms with van der Waals surface area (Å²) in [6.45, 7) is 0. The van der Waals surface area contributed by atoms with Crippen molar-refractivity contribution < 1.29 is 9.84 Å². The van der Waals surface area contributed by atoms with Crippen LogP contribution in [0.2, 0.25) is 0 Å². The second-order valence-corrected chi connectivity index (χ2v) is 6.86. The minimum absolute atomic E-state index is 0.116. The number of hydrogen-bond acceptors (Lipinski definition) is 6. The molecule has 1 fully saturated rings. The summed E-state index contributed by atoms with van der Waals surface area (Å²) in [6.07, 6.45) is 5.34. The topological polar surface area (TPSA) is 82.3 Å².